The summed E-state index contributed by atoms with van der Waals surface area (Å²) in [5, 5.41) is 4.08. The topological polar surface area (TPSA) is 50.5 Å². The maximum Gasteiger partial charge on any atom is 0.255 e. The van der Waals surface area contributed by atoms with Crippen LogP contribution in [0.4, 0.5) is 4.39 Å². The Morgan fingerprint density at radius 2 is 2.33 bits per heavy atom. The smallest absolute Gasteiger partial charge is 0.255 e. The molecule has 1 saturated heterocycles. The van der Waals surface area contributed by atoms with Crippen LogP contribution in [0, 0.1) is 0 Å². The fourth-order valence-electron chi connectivity index (χ4n) is 2.07. The number of alkyl halides is 1. The molecule has 0 N–H and O–H groups in total. The van der Waals surface area contributed by atoms with Gasteiger partial charge in [-0.3, -0.25) is 4.79 Å². The number of halogens is 2. The molecule has 0 spiro atoms. The molecule has 5 nitrogen and oxygen atoms in total. The first-order chi connectivity index (χ1) is 8.63. The highest BCUT2D eigenvalue weighted by Gasteiger charge is 2.26. The van der Waals surface area contributed by atoms with E-state index in [-0.39, 0.29) is 12.5 Å². The zero-order chi connectivity index (χ0) is 12.7. The minimum absolute atomic E-state index is 0.163. The fourth-order valence-corrected chi connectivity index (χ4v) is 2.42. The first-order valence-corrected chi connectivity index (χ1v) is 6.38. The van der Waals surface area contributed by atoms with Crippen LogP contribution < -0.4 is 0 Å². The fraction of sp³-hybridized carbons (Fsp3) is 0.364. The van der Waals surface area contributed by atoms with Gasteiger partial charge in [0, 0.05) is 12.7 Å². The Hall–Kier alpha value is -1.50. The number of carbonyl (C=O) groups excluding carboxylic acids is 1. The van der Waals surface area contributed by atoms with Crippen LogP contribution in [0.3, 0.4) is 0 Å². The SMILES string of the molecule is O=C(c1ccc2nc(Br)nn2c1)N1CC[C@@H](F)C1. The molecular weight excluding hydrogens is 303 g/mol. The van der Waals surface area contributed by atoms with Gasteiger partial charge in [-0.2, -0.15) is 0 Å². The maximum absolute atomic E-state index is 13.1. The van der Waals surface area contributed by atoms with Crippen LogP contribution in [0.1, 0.15) is 16.8 Å². The molecule has 1 aliphatic rings. The number of pyridine rings is 1. The number of nitrogens with zero attached hydrogens (tertiary/aromatic N) is 4. The van der Waals surface area contributed by atoms with E-state index in [2.05, 4.69) is 26.0 Å². The Kier molecular flexibility index (Phi) is 2.77. The first-order valence-electron chi connectivity index (χ1n) is 5.59. The van der Waals surface area contributed by atoms with Crippen molar-refractivity contribution in [2.45, 2.75) is 12.6 Å². The predicted molar refractivity (Wildman–Crippen MR) is 66.1 cm³/mol. The lowest BCUT2D eigenvalue weighted by Gasteiger charge is -2.14. The van der Waals surface area contributed by atoms with Crippen molar-refractivity contribution in [2.75, 3.05) is 13.1 Å². The van der Waals surface area contributed by atoms with Crippen LogP contribution in [0.25, 0.3) is 5.65 Å². The van der Waals surface area contributed by atoms with Gasteiger partial charge in [-0.05, 0) is 34.5 Å². The molecule has 0 bridgehead atoms. The largest absolute Gasteiger partial charge is 0.336 e. The van der Waals surface area contributed by atoms with E-state index in [1.54, 1.807) is 18.3 Å². The first kappa shape index (κ1) is 11.6. The molecule has 2 aromatic rings. The summed E-state index contributed by atoms with van der Waals surface area (Å²) in [5.41, 5.74) is 1.15. The van der Waals surface area contributed by atoms with Crippen molar-refractivity contribution < 1.29 is 9.18 Å². The van der Waals surface area contributed by atoms with Crippen LogP contribution in [-0.4, -0.2) is 44.7 Å². The highest BCUT2D eigenvalue weighted by molar-refractivity contribution is 9.10. The molecule has 0 saturated carbocycles. The van der Waals surface area contributed by atoms with Gasteiger partial charge in [-0.25, -0.2) is 13.9 Å². The van der Waals surface area contributed by atoms with Gasteiger partial charge in [0.05, 0.1) is 12.1 Å². The molecule has 18 heavy (non-hydrogen) atoms. The van der Waals surface area contributed by atoms with Crippen molar-refractivity contribution in [1.29, 1.82) is 0 Å². The summed E-state index contributed by atoms with van der Waals surface area (Å²) in [5.74, 6) is -0.163. The quantitative estimate of drug-likeness (QED) is 0.805. The van der Waals surface area contributed by atoms with Gasteiger partial charge in [0.1, 0.15) is 6.17 Å². The summed E-state index contributed by atoms with van der Waals surface area (Å²) in [6.07, 6.45) is 1.13. The lowest BCUT2D eigenvalue weighted by atomic mass is 10.2. The van der Waals surface area contributed by atoms with Crippen molar-refractivity contribution in [3.63, 3.8) is 0 Å². The second kappa shape index (κ2) is 4.31. The summed E-state index contributed by atoms with van der Waals surface area (Å²) in [6.45, 7) is 0.650. The summed E-state index contributed by atoms with van der Waals surface area (Å²) < 4.78 is 15.1. The number of fused-ring (bicyclic) bond motifs is 1. The number of amides is 1. The van der Waals surface area contributed by atoms with E-state index in [0.29, 0.717) is 28.9 Å². The zero-order valence-corrected chi connectivity index (χ0v) is 11.0. The van der Waals surface area contributed by atoms with Crippen molar-refractivity contribution in [3.05, 3.63) is 28.6 Å². The summed E-state index contributed by atoms with van der Waals surface area (Å²) in [4.78, 5) is 17.8. The molecule has 1 atom stereocenters. The average molecular weight is 313 g/mol. The van der Waals surface area contributed by atoms with Crippen LogP contribution in [0.2, 0.25) is 0 Å². The van der Waals surface area contributed by atoms with Gasteiger partial charge in [-0.15, -0.1) is 5.10 Å². The molecule has 2 aromatic heterocycles. The zero-order valence-electron chi connectivity index (χ0n) is 9.38. The van der Waals surface area contributed by atoms with Crippen LogP contribution in [0.5, 0.6) is 0 Å². The van der Waals surface area contributed by atoms with E-state index in [4.69, 9.17) is 0 Å². The summed E-state index contributed by atoms with van der Waals surface area (Å²) >= 11 is 3.17. The highest BCUT2D eigenvalue weighted by Crippen LogP contribution is 2.16. The molecule has 0 radical (unpaired) electrons. The average Bonchev–Trinajstić information content (AvgIpc) is 2.92. The van der Waals surface area contributed by atoms with Crippen molar-refractivity contribution >= 4 is 27.5 Å². The Balaban J connectivity index is 1.91. The van der Waals surface area contributed by atoms with Gasteiger partial charge in [-0.1, -0.05) is 0 Å². The van der Waals surface area contributed by atoms with E-state index in [0.717, 1.165) is 0 Å². The normalized spacial score (nSPS) is 19.7. The number of rotatable bonds is 1. The highest BCUT2D eigenvalue weighted by atomic mass is 79.9. The van der Waals surface area contributed by atoms with Gasteiger partial charge < -0.3 is 4.90 Å². The van der Waals surface area contributed by atoms with E-state index >= 15 is 0 Å². The molecule has 3 rings (SSSR count). The molecule has 1 amide bonds. The molecule has 7 heteroatoms. The second-order valence-electron chi connectivity index (χ2n) is 4.24. The molecule has 1 aliphatic heterocycles. The third-order valence-electron chi connectivity index (χ3n) is 2.97. The van der Waals surface area contributed by atoms with Crippen molar-refractivity contribution in [2.24, 2.45) is 0 Å². The Morgan fingerprint density at radius 3 is 3.06 bits per heavy atom. The van der Waals surface area contributed by atoms with Gasteiger partial charge in [0.25, 0.3) is 5.91 Å². The standard InChI is InChI=1S/C11H10BrFN4O/c12-11-14-9-2-1-7(5-17(9)15-11)10(18)16-4-3-8(13)6-16/h1-2,5,8H,3-4,6H2/t8-/m1/s1. The Labute approximate surface area is 111 Å². The van der Waals surface area contributed by atoms with E-state index in [1.165, 1.54) is 9.42 Å². The second-order valence-corrected chi connectivity index (χ2v) is 4.95. The van der Waals surface area contributed by atoms with Crippen LogP contribution in [-0.2, 0) is 0 Å². The van der Waals surface area contributed by atoms with Crippen molar-refractivity contribution in [3.8, 4) is 0 Å². The third-order valence-corrected chi connectivity index (χ3v) is 3.31. The van der Waals surface area contributed by atoms with E-state index < -0.39 is 6.17 Å². The number of hydrogen-bond acceptors (Lipinski definition) is 3. The number of carbonyl (C=O) groups is 1. The maximum atomic E-state index is 13.1. The predicted octanol–water partition coefficient (Wildman–Crippen LogP) is 1.68. The van der Waals surface area contributed by atoms with E-state index in [1.807, 2.05) is 0 Å². The minimum atomic E-state index is -0.904. The molecule has 0 unspecified atom stereocenters. The molecule has 0 aromatic carbocycles. The monoisotopic (exact) mass is 312 g/mol. The van der Waals surface area contributed by atoms with Crippen LogP contribution in [0.15, 0.2) is 23.1 Å². The van der Waals surface area contributed by atoms with Gasteiger partial charge in [0.2, 0.25) is 4.73 Å². The Morgan fingerprint density at radius 1 is 1.50 bits per heavy atom. The lowest BCUT2D eigenvalue weighted by molar-refractivity contribution is 0.0782. The van der Waals surface area contributed by atoms with E-state index in [9.17, 15) is 9.18 Å². The Bertz CT molecular complexity index is 614. The van der Waals surface area contributed by atoms with Crippen molar-refractivity contribution in [1.82, 2.24) is 19.5 Å². The number of likely N-dealkylation sites (tertiary alicyclic amines) is 1. The van der Waals surface area contributed by atoms with Gasteiger partial charge in [0.15, 0.2) is 5.65 Å². The molecule has 0 aliphatic carbocycles. The van der Waals surface area contributed by atoms with Gasteiger partial charge >= 0.3 is 0 Å². The summed E-state index contributed by atoms with van der Waals surface area (Å²) in [7, 11) is 0. The number of hydrogen-bond donors (Lipinski definition) is 0. The number of aromatic nitrogens is 3. The molecular formula is C11H10BrFN4O. The molecule has 1 fully saturated rings. The minimum Gasteiger partial charge on any atom is -0.336 e. The van der Waals surface area contributed by atoms with Crippen LogP contribution >= 0.6 is 15.9 Å². The third kappa shape index (κ3) is 1.98. The lowest BCUT2D eigenvalue weighted by Crippen LogP contribution is -2.29. The molecule has 94 valence electrons. The summed E-state index contributed by atoms with van der Waals surface area (Å²) in [6, 6.07) is 3.40. The molecule has 3 heterocycles.